The molecule has 0 aliphatic rings. The van der Waals surface area contributed by atoms with Gasteiger partial charge in [0.25, 0.3) is 5.91 Å². The average molecular weight is 271 g/mol. The van der Waals surface area contributed by atoms with Crippen LogP contribution in [0.15, 0.2) is 10.6 Å². The number of methoxy groups -OCH3 is 1. The fourth-order valence-electron chi connectivity index (χ4n) is 1.40. The molecule has 0 saturated heterocycles. The molecule has 7 heteroatoms. The zero-order valence-corrected chi connectivity index (χ0v) is 11.5. The predicted octanol–water partition coefficient (Wildman–Crippen LogP) is 0.815. The lowest BCUT2D eigenvalue weighted by molar-refractivity contribution is 0.0776. The van der Waals surface area contributed by atoms with Crippen molar-refractivity contribution in [3.05, 3.63) is 17.5 Å². The summed E-state index contributed by atoms with van der Waals surface area (Å²) in [5.74, 6) is 0.236. The van der Waals surface area contributed by atoms with Crippen molar-refractivity contribution in [2.24, 2.45) is 11.7 Å². The van der Waals surface area contributed by atoms with Crippen molar-refractivity contribution in [1.29, 1.82) is 0 Å². The Hall–Kier alpha value is -1.47. The Labute approximate surface area is 111 Å². The molecule has 2 N–H and O–H groups in total. The van der Waals surface area contributed by atoms with Crippen LogP contribution in [0.25, 0.3) is 0 Å². The highest BCUT2D eigenvalue weighted by Crippen LogP contribution is 2.08. The third-order valence-electron chi connectivity index (χ3n) is 2.44. The Kier molecular flexibility index (Phi) is 5.24. The van der Waals surface area contributed by atoms with Gasteiger partial charge in [0.1, 0.15) is 6.61 Å². The Balaban J connectivity index is 2.64. The summed E-state index contributed by atoms with van der Waals surface area (Å²) in [6.45, 7) is 2.60. The van der Waals surface area contributed by atoms with E-state index in [1.807, 2.05) is 6.92 Å². The number of hydrogen-bond donors (Lipinski definition) is 1. The minimum atomic E-state index is -0.232. The van der Waals surface area contributed by atoms with Gasteiger partial charge in [-0.1, -0.05) is 24.3 Å². The van der Waals surface area contributed by atoms with Crippen LogP contribution in [0.1, 0.15) is 23.2 Å². The van der Waals surface area contributed by atoms with Crippen molar-refractivity contribution >= 4 is 23.1 Å². The molecule has 1 atom stereocenters. The van der Waals surface area contributed by atoms with Crippen LogP contribution < -0.4 is 5.73 Å². The number of carbonyl (C=O) groups is 1. The van der Waals surface area contributed by atoms with Crippen LogP contribution in [-0.4, -0.2) is 41.7 Å². The van der Waals surface area contributed by atoms with Gasteiger partial charge >= 0.3 is 0 Å². The van der Waals surface area contributed by atoms with Crippen molar-refractivity contribution in [3.8, 4) is 0 Å². The van der Waals surface area contributed by atoms with Crippen molar-refractivity contribution in [2.75, 3.05) is 20.7 Å². The Morgan fingerprint density at radius 1 is 1.72 bits per heavy atom. The fourth-order valence-corrected chi connectivity index (χ4v) is 1.48. The summed E-state index contributed by atoms with van der Waals surface area (Å²) in [4.78, 5) is 13.9. The standard InChI is InChI=1S/C11H17N3O3S/c1-7(10(12)18)5-14(2)11(15)9-4-8(6-16-3)17-13-9/h4,7H,5-6H2,1-3H3,(H2,12,18). The van der Waals surface area contributed by atoms with Crippen LogP contribution in [0.4, 0.5) is 0 Å². The summed E-state index contributed by atoms with van der Waals surface area (Å²) >= 11 is 4.87. The van der Waals surface area contributed by atoms with Gasteiger partial charge in [-0.15, -0.1) is 0 Å². The van der Waals surface area contributed by atoms with Gasteiger partial charge in [-0.2, -0.15) is 0 Å². The van der Waals surface area contributed by atoms with E-state index >= 15 is 0 Å². The number of nitrogens with zero attached hydrogens (tertiary/aromatic N) is 2. The Morgan fingerprint density at radius 2 is 2.39 bits per heavy atom. The molecule has 1 rings (SSSR count). The van der Waals surface area contributed by atoms with Crippen molar-refractivity contribution in [3.63, 3.8) is 0 Å². The van der Waals surface area contributed by atoms with Crippen molar-refractivity contribution < 1.29 is 14.1 Å². The van der Waals surface area contributed by atoms with Gasteiger partial charge in [0.2, 0.25) is 0 Å². The topological polar surface area (TPSA) is 81.6 Å². The number of rotatable bonds is 6. The third kappa shape index (κ3) is 3.78. The van der Waals surface area contributed by atoms with Crippen molar-refractivity contribution in [2.45, 2.75) is 13.5 Å². The first-order chi connectivity index (χ1) is 8.45. The summed E-state index contributed by atoms with van der Waals surface area (Å²) in [7, 11) is 3.21. The van der Waals surface area contributed by atoms with Crippen LogP contribution in [0.3, 0.4) is 0 Å². The average Bonchev–Trinajstić information content (AvgIpc) is 2.76. The van der Waals surface area contributed by atoms with Gasteiger partial charge in [0, 0.05) is 32.7 Å². The summed E-state index contributed by atoms with van der Waals surface area (Å²) in [5, 5.41) is 3.70. The molecule has 1 aromatic heterocycles. The lowest BCUT2D eigenvalue weighted by atomic mass is 10.1. The number of amides is 1. The number of thiocarbonyl (C=S) groups is 1. The van der Waals surface area contributed by atoms with Crippen molar-refractivity contribution in [1.82, 2.24) is 10.1 Å². The first kappa shape index (κ1) is 14.6. The molecule has 1 heterocycles. The van der Waals surface area contributed by atoms with Crippen LogP contribution in [0.5, 0.6) is 0 Å². The zero-order chi connectivity index (χ0) is 13.7. The van der Waals surface area contributed by atoms with E-state index in [2.05, 4.69) is 5.16 Å². The second-order valence-electron chi connectivity index (χ2n) is 4.10. The van der Waals surface area contributed by atoms with Crippen LogP contribution in [-0.2, 0) is 11.3 Å². The minimum Gasteiger partial charge on any atom is -0.393 e. The monoisotopic (exact) mass is 271 g/mol. The normalized spacial score (nSPS) is 12.2. The highest BCUT2D eigenvalue weighted by atomic mass is 32.1. The maximum Gasteiger partial charge on any atom is 0.275 e. The van der Waals surface area contributed by atoms with Gasteiger partial charge in [-0.3, -0.25) is 4.79 Å². The first-order valence-corrected chi connectivity index (χ1v) is 5.85. The van der Waals surface area contributed by atoms with E-state index in [-0.39, 0.29) is 24.1 Å². The molecule has 0 spiro atoms. The molecule has 1 unspecified atom stereocenters. The second kappa shape index (κ2) is 6.46. The fraction of sp³-hybridized carbons (Fsp3) is 0.545. The molecule has 0 saturated carbocycles. The number of nitrogens with two attached hydrogens (primary N) is 1. The molecule has 0 aromatic carbocycles. The number of ether oxygens (including phenoxy) is 1. The zero-order valence-electron chi connectivity index (χ0n) is 10.7. The van der Waals surface area contributed by atoms with Crippen LogP contribution >= 0.6 is 12.2 Å². The molecule has 0 bridgehead atoms. The highest BCUT2D eigenvalue weighted by Gasteiger charge is 2.19. The summed E-state index contributed by atoms with van der Waals surface area (Å²) < 4.78 is 9.84. The molecule has 0 fully saturated rings. The van der Waals surface area contributed by atoms with Gasteiger partial charge < -0.3 is 19.9 Å². The van der Waals surface area contributed by atoms with E-state index in [4.69, 9.17) is 27.2 Å². The molecular formula is C11H17N3O3S. The second-order valence-corrected chi connectivity index (χ2v) is 4.57. The third-order valence-corrected chi connectivity index (χ3v) is 2.85. The highest BCUT2D eigenvalue weighted by molar-refractivity contribution is 7.80. The molecule has 0 radical (unpaired) electrons. The largest absolute Gasteiger partial charge is 0.393 e. The van der Waals surface area contributed by atoms with E-state index in [1.54, 1.807) is 20.2 Å². The van der Waals surface area contributed by atoms with Gasteiger partial charge in [0.15, 0.2) is 11.5 Å². The maximum absolute atomic E-state index is 12.0. The number of aromatic nitrogens is 1. The SMILES string of the molecule is COCc1cc(C(=O)N(C)CC(C)C(N)=S)no1. The molecule has 18 heavy (non-hydrogen) atoms. The van der Waals surface area contributed by atoms with E-state index in [0.717, 1.165) is 0 Å². The Bertz CT molecular complexity index is 433. The lowest BCUT2D eigenvalue weighted by Gasteiger charge is -2.19. The van der Waals surface area contributed by atoms with E-state index in [1.165, 1.54) is 4.90 Å². The molecule has 100 valence electrons. The minimum absolute atomic E-state index is 0.0423. The Morgan fingerprint density at radius 3 is 2.94 bits per heavy atom. The smallest absolute Gasteiger partial charge is 0.275 e. The predicted molar refractivity (Wildman–Crippen MR) is 70.1 cm³/mol. The van der Waals surface area contributed by atoms with Crippen LogP contribution in [0, 0.1) is 5.92 Å². The maximum atomic E-state index is 12.0. The molecule has 0 aliphatic heterocycles. The molecule has 6 nitrogen and oxygen atoms in total. The number of carbonyl (C=O) groups excluding carboxylic acids is 1. The quantitative estimate of drug-likeness (QED) is 0.771. The van der Waals surface area contributed by atoms with Gasteiger partial charge in [0.05, 0.1) is 4.99 Å². The molecular weight excluding hydrogens is 254 g/mol. The van der Waals surface area contributed by atoms with E-state index in [0.29, 0.717) is 17.3 Å². The molecule has 1 amide bonds. The molecule has 1 aromatic rings. The van der Waals surface area contributed by atoms with Crippen LogP contribution in [0.2, 0.25) is 0 Å². The number of hydrogen-bond acceptors (Lipinski definition) is 5. The lowest BCUT2D eigenvalue weighted by Crippen LogP contribution is -2.35. The van der Waals surface area contributed by atoms with Gasteiger partial charge in [-0.05, 0) is 0 Å². The van der Waals surface area contributed by atoms with E-state index < -0.39 is 0 Å². The van der Waals surface area contributed by atoms with Gasteiger partial charge in [-0.25, -0.2) is 0 Å². The summed E-state index contributed by atoms with van der Waals surface area (Å²) in [6, 6.07) is 1.56. The summed E-state index contributed by atoms with van der Waals surface area (Å²) in [6.07, 6.45) is 0. The first-order valence-electron chi connectivity index (χ1n) is 5.45. The summed E-state index contributed by atoms with van der Waals surface area (Å²) in [5.41, 5.74) is 5.76. The molecule has 0 aliphatic carbocycles. The van der Waals surface area contributed by atoms with E-state index in [9.17, 15) is 4.79 Å².